The summed E-state index contributed by atoms with van der Waals surface area (Å²) >= 11 is 18.6. The highest BCUT2D eigenvalue weighted by Gasteiger charge is 2.26. The van der Waals surface area contributed by atoms with Gasteiger partial charge in [0.2, 0.25) is 10.0 Å². The molecular formula is C26H19Cl3F2N2O4S2. The number of hydrogen-bond acceptors (Lipinski definition) is 4. The minimum Gasteiger partial charge on any atom is -0.282 e. The minimum absolute atomic E-state index is 0.0142. The Morgan fingerprint density at radius 2 is 1.31 bits per heavy atom. The van der Waals surface area contributed by atoms with Gasteiger partial charge in [0.05, 0.1) is 32.7 Å². The maximum Gasteiger partial charge on any atom is 0.252 e. The molecule has 0 aliphatic heterocycles. The topological polar surface area (TPSA) is 83.6 Å². The molecule has 0 atom stereocenters. The van der Waals surface area contributed by atoms with Crippen LogP contribution in [0.5, 0.6) is 0 Å². The summed E-state index contributed by atoms with van der Waals surface area (Å²) in [6.45, 7) is 0. The Balaban J connectivity index is 1.59. The van der Waals surface area contributed by atoms with Crippen LogP contribution in [0.15, 0.2) is 78.9 Å². The van der Waals surface area contributed by atoms with E-state index < -0.39 is 37.6 Å². The van der Waals surface area contributed by atoms with Crippen LogP contribution in [-0.4, -0.2) is 29.0 Å². The highest BCUT2D eigenvalue weighted by Crippen LogP contribution is 2.34. The van der Waals surface area contributed by atoms with Crippen LogP contribution < -0.4 is 9.03 Å². The van der Waals surface area contributed by atoms with E-state index in [0.717, 1.165) is 6.26 Å². The molecule has 204 valence electrons. The van der Waals surface area contributed by atoms with Crippen LogP contribution in [0, 0.1) is 11.6 Å². The highest BCUT2D eigenvalue weighted by atomic mass is 35.5. The SMILES string of the molecule is CS(=O)(=O)N(CS(=O)(=O)Nc1ccc(-c2ccc(F)c(Cl)c2)c(Cl)c1)c1ccc(-c2ccc(F)cc2)c(Cl)c1. The predicted octanol–water partition coefficient (Wildman–Crippen LogP) is 7.42. The Hall–Kier alpha value is -2.89. The van der Waals surface area contributed by atoms with Gasteiger partial charge < -0.3 is 0 Å². The van der Waals surface area contributed by atoms with Crippen molar-refractivity contribution in [2.24, 2.45) is 0 Å². The van der Waals surface area contributed by atoms with Gasteiger partial charge in [0.15, 0.2) is 5.88 Å². The van der Waals surface area contributed by atoms with Crippen LogP contribution in [0.3, 0.4) is 0 Å². The second-order valence-corrected chi connectivity index (χ2v) is 13.3. The number of anilines is 2. The molecule has 0 amide bonds. The number of halogens is 5. The van der Waals surface area contributed by atoms with Crippen molar-refractivity contribution < 1.29 is 25.6 Å². The van der Waals surface area contributed by atoms with E-state index in [1.54, 1.807) is 0 Å². The summed E-state index contributed by atoms with van der Waals surface area (Å²) in [4.78, 5) is 0. The van der Waals surface area contributed by atoms with Gasteiger partial charge in [-0.15, -0.1) is 0 Å². The zero-order valence-electron chi connectivity index (χ0n) is 20.0. The second kappa shape index (κ2) is 11.3. The van der Waals surface area contributed by atoms with Crippen LogP contribution >= 0.6 is 34.8 Å². The molecule has 0 bridgehead atoms. The number of sulfonamides is 2. The summed E-state index contributed by atoms with van der Waals surface area (Å²) in [5.41, 5.74) is 2.19. The normalized spacial score (nSPS) is 11.8. The number of benzene rings is 4. The molecule has 0 aliphatic carbocycles. The maximum absolute atomic E-state index is 13.5. The predicted molar refractivity (Wildman–Crippen MR) is 153 cm³/mol. The maximum atomic E-state index is 13.5. The highest BCUT2D eigenvalue weighted by molar-refractivity contribution is 7.96. The lowest BCUT2D eigenvalue weighted by molar-refractivity contribution is 0.589. The van der Waals surface area contributed by atoms with Crippen LogP contribution in [0.25, 0.3) is 22.3 Å². The molecule has 4 aromatic rings. The Labute approximate surface area is 239 Å². The summed E-state index contributed by atoms with van der Waals surface area (Å²) < 4.78 is 80.9. The minimum atomic E-state index is -4.27. The third-order valence-corrected chi connectivity index (χ3v) is 8.92. The van der Waals surface area contributed by atoms with E-state index in [1.165, 1.54) is 78.9 Å². The van der Waals surface area contributed by atoms with Crippen LogP contribution in [-0.2, 0) is 20.0 Å². The van der Waals surface area contributed by atoms with Gasteiger partial charge in [0, 0.05) is 11.1 Å². The van der Waals surface area contributed by atoms with E-state index >= 15 is 0 Å². The van der Waals surface area contributed by atoms with Crippen molar-refractivity contribution in [3.63, 3.8) is 0 Å². The van der Waals surface area contributed by atoms with E-state index in [-0.39, 0.29) is 26.4 Å². The molecule has 0 unspecified atom stereocenters. The fourth-order valence-corrected chi connectivity index (χ4v) is 7.17. The molecule has 4 rings (SSSR count). The Morgan fingerprint density at radius 1 is 0.718 bits per heavy atom. The van der Waals surface area contributed by atoms with Gasteiger partial charge in [0.1, 0.15) is 11.6 Å². The van der Waals surface area contributed by atoms with E-state index in [4.69, 9.17) is 34.8 Å². The van der Waals surface area contributed by atoms with Gasteiger partial charge in [-0.25, -0.2) is 25.6 Å². The summed E-state index contributed by atoms with van der Waals surface area (Å²) in [7, 11) is -8.33. The first-order valence-electron chi connectivity index (χ1n) is 11.0. The fourth-order valence-electron chi connectivity index (χ4n) is 3.73. The number of hydrogen-bond donors (Lipinski definition) is 1. The lowest BCUT2D eigenvalue weighted by Gasteiger charge is -2.23. The average molecular weight is 632 g/mol. The number of rotatable bonds is 8. The molecule has 0 fully saturated rings. The van der Waals surface area contributed by atoms with Gasteiger partial charge in [0.25, 0.3) is 10.0 Å². The van der Waals surface area contributed by atoms with Crippen molar-refractivity contribution in [3.8, 4) is 22.3 Å². The smallest absolute Gasteiger partial charge is 0.252 e. The standard InChI is InChI=1S/C26H19Cl3F2N2O4S2/c1-38(34,35)33(20-8-10-21(24(28)14-20)16-2-5-18(30)6-3-16)15-39(36,37)32-19-7-9-22(23(27)13-19)17-4-11-26(31)25(29)12-17/h2-14,32H,15H2,1H3. The first-order valence-corrected chi connectivity index (χ1v) is 15.7. The molecule has 4 aromatic carbocycles. The molecule has 0 spiro atoms. The van der Waals surface area contributed by atoms with Crippen molar-refractivity contribution in [2.75, 3.05) is 21.2 Å². The summed E-state index contributed by atoms with van der Waals surface area (Å²) in [6, 6.07) is 18.1. The van der Waals surface area contributed by atoms with Crippen molar-refractivity contribution in [3.05, 3.63) is 106 Å². The van der Waals surface area contributed by atoms with E-state index in [9.17, 15) is 25.6 Å². The van der Waals surface area contributed by atoms with E-state index in [1.807, 2.05) is 0 Å². The molecule has 0 aliphatic rings. The molecule has 0 heterocycles. The summed E-state index contributed by atoms with van der Waals surface area (Å²) in [6.07, 6.45) is 0.865. The lowest BCUT2D eigenvalue weighted by Crippen LogP contribution is -2.37. The van der Waals surface area contributed by atoms with Gasteiger partial charge in [-0.1, -0.05) is 65.1 Å². The third kappa shape index (κ3) is 7.01. The van der Waals surface area contributed by atoms with Gasteiger partial charge in [-0.05, 0) is 59.7 Å². The zero-order valence-corrected chi connectivity index (χ0v) is 23.9. The molecule has 0 aromatic heterocycles. The largest absolute Gasteiger partial charge is 0.282 e. The Kier molecular flexibility index (Phi) is 8.44. The second-order valence-electron chi connectivity index (χ2n) is 8.45. The first kappa shape index (κ1) is 29.1. The molecule has 0 saturated carbocycles. The van der Waals surface area contributed by atoms with Crippen molar-refractivity contribution >= 4 is 66.2 Å². The lowest BCUT2D eigenvalue weighted by atomic mass is 10.1. The monoisotopic (exact) mass is 630 g/mol. The molecule has 0 saturated heterocycles. The van der Waals surface area contributed by atoms with Crippen molar-refractivity contribution in [1.82, 2.24) is 0 Å². The van der Waals surface area contributed by atoms with Crippen LogP contribution in [0.1, 0.15) is 0 Å². The molecule has 0 radical (unpaired) electrons. The van der Waals surface area contributed by atoms with Gasteiger partial charge in [-0.2, -0.15) is 0 Å². The molecule has 1 N–H and O–H groups in total. The number of nitrogens with zero attached hydrogens (tertiary/aromatic N) is 1. The third-order valence-electron chi connectivity index (χ3n) is 5.56. The van der Waals surface area contributed by atoms with Crippen molar-refractivity contribution in [1.29, 1.82) is 0 Å². The van der Waals surface area contributed by atoms with Crippen molar-refractivity contribution in [2.45, 2.75) is 0 Å². The first-order chi connectivity index (χ1) is 18.2. The molecule has 13 heteroatoms. The van der Waals surface area contributed by atoms with E-state index in [0.29, 0.717) is 26.6 Å². The van der Waals surface area contributed by atoms with Gasteiger partial charge in [-0.3, -0.25) is 9.03 Å². The Morgan fingerprint density at radius 3 is 1.90 bits per heavy atom. The quantitative estimate of drug-likeness (QED) is 0.219. The van der Waals surface area contributed by atoms with Crippen LogP contribution in [0.2, 0.25) is 15.1 Å². The van der Waals surface area contributed by atoms with E-state index in [2.05, 4.69) is 4.72 Å². The zero-order chi connectivity index (χ0) is 28.5. The summed E-state index contributed by atoms with van der Waals surface area (Å²) in [5, 5.41) is 0.197. The average Bonchev–Trinajstić information content (AvgIpc) is 2.84. The fraction of sp³-hybridized carbons (Fsp3) is 0.0769. The molecular weight excluding hydrogens is 613 g/mol. The molecule has 39 heavy (non-hydrogen) atoms. The molecule has 6 nitrogen and oxygen atoms in total. The van der Waals surface area contributed by atoms with Gasteiger partial charge >= 0.3 is 0 Å². The Bertz CT molecular complexity index is 1770. The summed E-state index contributed by atoms with van der Waals surface area (Å²) in [5.74, 6) is -1.98. The number of nitrogens with one attached hydrogen (secondary N) is 1. The van der Waals surface area contributed by atoms with Crippen LogP contribution in [0.4, 0.5) is 20.2 Å².